The van der Waals surface area contributed by atoms with Crippen LogP contribution in [0.3, 0.4) is 0 Å². The number of rotatable bonds is 4. The third-order valence-corrected chi connectivity index (χ3v) is 3.38. The Morgan fingerprint density at radius 3 is 2.95 bits per heavy atom. The van der Waals surface area contributed by atoms with Crippen LogP contribution in [-0.4, -0.2) is 20.8 Å². The van der Waals surface area contributed by atoms with E-state index in [9.17, 15) is 0 Å². The molecule has 3 N–H and O–H groups in total. The zero-order valence-corrected chi connectivity index (χ0v) is 12.2. The van der Waals surface area contributed by atoms with Gasteiger partial charge in [-0.15, -0.1) is 0 Å². The highest BCUT2D eigenvalue weighted by Crippen LogP contribution is 2.26. The second-order valence-corrected chi connectivity index (χ2v) is 5.36. The lowest BCUT2D eigenvalue weighted by atomic mass is 10.1. The molecule has 21 heavy (non-hydrogen) atoms. The molecule has 5 heteroatoms. The van der Waals surface area contributed by atoms with Gasteiger partial charge in [0.05, 0.1) is 12.1 Å². The van der Waals surface area contributed by atoms with Gasteiger partial charge in [0.15, 0.2) is 0 Å². The van der Waals surface area contributed by atoms with Crippen LogP contribution in [0.1, 0.15) is 12.6 Å². The van der Waals surface area contributed by atoms with Crippen molar-refractivity contribution in [3.05, 3.63) is 48.4 Å². The van der Waals surface area contributed by atoms with Gasteiger partial charge in [-0.25, -0.2) is 0 Å². The summed E-state index contributed by atoms with van der Waals surface area (Å²) in [5.74, 6) is 0. The fraction of sp³-hybridized carbons (Fsp3) is 0.250. The van der Waals surface area contributed by atoms with E-state index < -0.39 is 0 Å². The molecule has 3 aromatic rings. The molecule has 0 amide bonds. The van der Waals surface area contributed by atoms with Crippen LogP contribution in [0, 0.1) is 6.92 Å². The normalized spacial score (nSPS) is 12.5. The molecule has 3 rings (SSSR count). The fourth-order valence-electron chi connectivity index (χ4n) is 2.50. The smallest absolute Gasteiger partial charge is 0.0727 e. The van der Waals surface area contributed by atoms with E-state index in [2.05, 4.69) is 28.4 Å². The zero-order valence-electron chi connectivity index (χ0n) is 12.2. The molecule has 0 aliphatic heterocycles. The molecule has 0 radical (unpaired) electrons. The largest absolute Gasteiger partial charge is 0.399 e. The first-order valence-corrected chi connectivity index (χ1v) is 7.02. The van der Waals surface area contributed by atoms with Crippen molar-refractivity contribution in [2.24, 2.45) is 0 Å². The van der Waals surface area contributed by atoms with Crippen molar-refractivity contribution < 1.29 is 0 Å². The molecule has 1 atom stereocenters. The van der Waals surface area contributed by atoms with Crippen LogP contribution in [0.15, 0.2) is 42.7 Å². The summed E-state index contributed by atoms with van der Waals surface area (Å²) in [7, 11) is 0. The summed E-state index contributed by atoms with van der Waals surface area (Å²) < 4.78 is 1.92. The number of nitrogen functional groups attached to an aromatic ring is 1. The Bertz CT molecular complexity index is 749. The predicted molar refractivity (Wildman–Crippen MR) is 86.2 cm³/mol. The SMILES string of the molecule is Cc1cc(NC(C)Cn2cccn2)c2cc(N)ccc2n1. The second kappa shape index (κ2) is 5.44. The van der Waals surface area contributed by atoms with Crippen molar-refractivity contribution in [2.45, 2.75) is 26.4 Å². The minimum atomic E-state index is 0.247. The van der Waals surface area contributed by atoms with Gasteiger partial charge in [-0.1, -0.05) is 0 Å². The number of nitrogens with one attached hydrogen (secondary N) is 1. The number of benzene rings is 1. The monoisotopic (exact) mass is 281 g/mol. The van der Waals surface area contributed by atoms with Gasteiger partial charge >= 0.3 is 0 Å². The molecule has 0 aliphatic carbocycles. The first-order chi connectivity index (χ1) is 10.1. The van der Waals surface area contributed by atoms with Crippen molar-refractivity contribution >= 4 is 22.3 Å². The molecule has 0 bridgehead atoms. The summed E-state index contributed by atoms with van der Waals surface area (Å²) in [5.41, 5.74) is 9.65. The van der Waals surface area contributed by atoms with Gasteiger partial charge in [0, 0.05) is 40.9 Å². The van der Waals surface area contributed by atoms with E-state index in [1.165, 1.54) is 0 Å². The van der Waals surface area contributed by atoms with Crippen LogP contribution in [0.4, 0.5) is 11.4 Å². The van der Waals surface area contributed by atoms with E-state index in [1.807, 2.05) is 42.1 Å². The van der Waals surface area contributed by atoms with Crippen LogP contribution in [0.5, 0.6) is 0 Å². The van der Waals surface area contributed by atoms with E-state index in [0.717, 1.165) is 34.5 Å². The van der Waals surface area contributed by atoms with Crippen molar-refractivity contribution in [2.75, 3.05) is 11.1 Å². The molecule has 1 aromatic carbocycles. The number of hydrogen-bond donors (Lipinski definition) is 2. The average molecular weight is 281 g/mol. The van der Waals surface area contributed by atoms with Crippen molar-refractivity contribution in [1.29, 1.82) is 0 Å². The van der Waals surface area contributed by atoms with E-state index in [-0.39, 0.29) is 6.04 Å². The summed E-state index contributed by atoms with van der Waals surface area (Å²) in [6, 6.07) is 10.0. The Labute approximate surface area is 123 Å². The number of nitrogens with zero attached hydrogens (tertiary/aromatic N) is 3. The number of anilines is 2. The maximum Gasteiger partial charge on any atom is 0.0727 e. The van der Waals surface area contributed by atoms with E-state index in [1.54, 1.807) is 6.20 Å². The van der Waals surface area contributed by atoms with Gasteiger partial charge < -0.3 is 11.1 Å². The maximum absolute atomic E-state index is 5.90. The summed E-state index contributed by atoms with van der Waals surface area (Å²) in [6.07, 6.45) is 3.76. The third-order valence-electron chi connectivity index (χ3n) is 3.38. The van der Waals surface area contributed by atoms with Crippen molar-refractivity contribution in [3.63, 3.8) is 0 Å². The summed E-state index contributed by atoms with van der Waals surface area (Å²) in [5, 5.41) is 8.82. The highest BCUT2D eigenvalue weighted by Gasteiger charge is 2.08. The molecule has 2 aromatic heterocycles. The van der Waals surface area contributed by atoms with E-state index in [0.29, 0.717) is 0 Å². The molecule has 2 heterocycles. The highest BCUT2D eigenvalue weighted by molar-refractivity contribution is 5.93. The minimum Gasteiger partial charge on any atom is -0.399 e. The highest BCUT2D eigenvalue weighted by atomic mass is 15.3. The molecule has 5 nitrogen and oxygen atoms in total. The molecule has 0 fully saturated rings. The average Bonchev–Trinajstić information content (AvgIpc) is 2.92. The lowest BCUT2D eigenvalue weighted by Crippen LogP contribution is -2.22. The molecule has 108 valence electrons. The van der Waals surface area contributed by atoms with Crippen molar-refractivity contribution in [3.8, 4) is 0 Å². The molecule has 0 aliphatic rings. The number of hydrogen-bond acceptors (Lipinski definition) is 4. The molecular weight excluding hydrogens is 262 g/mol. The first kappa shape index (κ1) is 13.4. The van der Waals surface area contributed by atoms with Crippen LogP contribution in [0.2, 0.25) is 0 Å². The van der Waals surface area contributed by atoms with Gasteiger partial charge in [-0.3, -0.25) is 9.67 Å². The Morgan fingerprint density at radius 1 is 1.33 bits per heavy atom. The summed E-state index contributed by atoms with van der Waals surface area (Å²) in [6.45, 7) is 4.94. The van der Waals surface area contributed by atoms with Gasteiger partial charge in [-0.2, -0.15) is 5.10 Å². The van der Waals surface area contributed by atoms with Crippen LogP contribution in [-0.2, 0) is 6.54 Å². The Morgan fingerprint density at radius 2 is 2.19 bits per heavy atom. The van der Waals surface area contributed by atoms with E-state index in [4.69, 9.17) is 5.73 Å². The van der Waals surface area contributed by atoms with Gasteiger partial charge in [0.25, 0.3) is 0 Å². The number of aromatic nitrogens is 3. The predicted octanol–water partition coefficient (Wildman–Crippen LogP) is 2.82. The van der Waals surface area contributed by atoms with Crippen LogP contribution < -0.4 is 11.1 Å². The Kier molecular flexibility index (Phi) is 3.48. The summed E-state index contributed by atoms with van der Waals surface area (Å²) >= 11 is 0. The fourth-order valence-corrected chi connectivity index (χ4v) is 2.50. The van der Waals surface area contributed by atoms with Crippen LogP contribution in [0.25, 0.3) is 10.9 Å². The quantitative estimate of drug-likeness (QED) is 0.722. The van der Waals surface area contributed by atoms with Gasteiger partial charge in [0.1, 0.15) is 0 Å². The molecule has 0 spiro atoms. The second-order valence-electron chi connectivity index (χ2n) is 5.36. The lowest BCUT2D eigenvalue weighted by molar-refractivity contribution is 0.561. The standard InChI is InChI=1S/C16H19N5/c1-11-8-16(14-9-13(17)4-5-15(14)19-11)20-12(2)10-21-7-3-6-18-21/h3-9,12H,10,17H2,1-2H3,(H,19,20). The Balaban J connectivity index is 1.90. The Hall–Kier alpha value is -2.56. The number of fused-ring (bicyclic) bond motifs is 1. The van der Waals surface area contributed by atoms with Gasteiger partial charge in [-0.05, 0) is 44.2 Å². The first-order valence-electron chi connectivity index (χ1n) is 7.02. The molecule has 1 unspecified atom stereocenters. The summed E-state index contributed by atoms with van der Waals surface area (Å²) in [4.78, 5) is 4.55. The lowest BCUT2D eigenvalue weighted by Gasteiger charge is -2.17. The van der Waals surface area contributed by atoms with Gasteiger partial charge in [0.2, 0.25) is 0 Å². The van der Waals surface area contributed by atoms with Crippen molar-refractivity contribution in [1.82, 2.24) is 14.8 Å². The minimum absolute atomic E-state index is 0.247. The molecule has 0 saturated carbocycles. The zero-order chi connectivity index (χ0) is 14.8. The third kappa shape index (κ3) is 2.97. The molecular formula is C16H19N5. The van der Waals surface area contributed by atoms with E-state index >= 15 is 0 Å². The number of aryl methyl sites for hydroxylation is 1. The molecule has 0 saturated heterocycles. The van der Waals surface area contributed by atoms with Crippen LogP contribution >= 0.6 is 0 Å². The maximum atomic E-state index is 5.90. The number of pyridine rings is 1. The number of nitrogens with two attached hydrogens (primary N) is 1. The topological polar surface area (TPSA) is 68.8 Å².